The maximum absolute atomic E-state index is 11.0. The molecular weight excluding hydrogens is 278 g/mol. The molecule has 0 unspecified atom stereocenters. The summed E-state index contributed by atoms with van der Waals surface area (Å²) in [4.78, 5) is 11.0. The van der Waals surface area contributed by atoms with Gasteiger partial charge in [-0.2, -0.15) is 5.10 Å². The van der Waals surface area contributed by atoms with E-state index in [0.29, 0.717) is 5.02 Å². The summed E-state index contributed by atoms with van der Waals surface area (Å²) >= 11 is 6.01. The first-order chi connectivity index (χ1) is 9.47. The molecule has 0 aliphatic carbocycles. The van der Waals surface area contributed by atoms with Gasteiger partial charge >= 0.3 is 5.97 Å². The Morgan fingerprint density at radius 1 is 1.30 bits per heavy atom. The Labute approximate surface area is 120 Å². The molecule has 2 heterocycles. The monoisotopic (exact) mass is 289 g/mol. The van der Waals surface area contributed by atoms with Crippen LogP contribution in [0.4, 0.5) is 0 Å². The average Bonchev–Trinajstić information content (AvgIpc) is 2.91. The number of aromatic carboxylic acids is 1. The molecule has 20 heavy (non-hydrogen) atoms. The first-order valence-electron chi connectivity index (χ1n) is 5.99. The molecule has 0 aliphatic rings. The Morgan fingerprint density at radius 2 is 2.05 bits per heavy atom. The number of aromatic nitrogens is 3. The predicted octanol–water partition coefficient (Wildman–Crippen LogP) is 2.93. The second-order valence-corrected chi connectivity index (χ2v) is 5.10. The second kappa shape index (κ2) is 4.38. The number of benzene rings is 1. The van der Waals surface area contributed by atoms with Crippen molar-refractivity contribution < 1.29 is 9.90 Å². The third kappa shape index (κ3) is 1.87. The van der Waals surface area contributed by atoms with Gasteiger partial charge in [-0.15, -0.1) is 0 Å². The third-order valence-corrected chi connectivity index (χ3v) is 3.56. The van der Waals surface area contributed by atoms with E-state index in [-0.39, 0.29) is 5.69 Å². The quantitative estimate of drug-likeness (QED) is 0.789. The van der Waals surface area contributed by atoms with E-state index >= 15 is 0 Å². The van der Waals surface area contributed by atoms with Gasteiger partial charge in [-0.1, -0.05) is 17.7 Å². The van der Waals surface area contributed by atoms with E-state index in [4.69, 9.17) is 16.7 Å². The fourth-order valence-electron chi connectivity index (χ4n) is 2.39. The number of halogens is 1. The van der Waals surface area contributed by atoms with Crippen molar-refractivity contribution in [1.82, 2.24) is 14.3 Å². The minimum Gasteiger partial charge on any atom is -0.476 e. The molecule has 0 fully saturated rings. The van der Waals surface area contributed by atoms with Gasteiger partial charge in [-0.05, 0) is 18.2 Å². The second-order valence-electron chi connectivity index (χ2n) is 4.66. The number of hydrogen-bond acceptors (Lipinski definition) is 2. The summed E-state index contributed by atoms with van der Waals surface area (Å²) in [7, 11) is 3.66. The van der Waals surface area contributed by atoms with Crippen LogP contribution in [0.15, 0.2) is 30.5 Å². The molecular formula is C14H12ClN3O2. The fraction of sp³-hybridized carbons (Fsp3) is 0.143. The maximum Gasteiger partial charge on any atom is 0.356 e. The lowest BCUT2D eigenvalue weighted by Crippen LogP contribution is -1.99. The zero-order valence-corrected chi connectivity index (χ0v) is 11.7. The molecule has 2 aromatic heterocycles. The summed E-state index contributed by atoms with van der Waals surface area (Å²) in [5, 5.41) is 14.7. The molecule has 1 aromatic carbocycles. The zero-order valence-electron chi connectivity index (χ0n) is 11.0. The molecule has 0 spiro atoms. The Balaban J connectivity index is 2.27. The molecule has 102 valence electrons. The van der Waals surface area contributed by atoms with Gasteiger partial charge in [-0.25, -0.2) is 4.79 Å². The Hall–Kier alpha value is -2.27. The van der Waals surface area contributed by atoms with Crippen LogP contribution in [0.1, 0.15) is 10.5 Å². The third-order valence-electron chi connectivity index (χ3n) is 3.33. The van der Waals surface area contributed by atoms with Crippen LogP contribution in [0.25, 0.3) is 22.2 Å². The lowest BCUT2D eigenvalue weighted by Gasteiger charge is -1.99. The fourth-order valence-corrected chi connectivity index (χ4v) is 2.55. The minimum absolute atomic E-state index is 0.0356. The summed E-state index contributed by atoms with van der Waals surface area (Å²) in [5.41, 5.74) is 2.72. The highest BCUT2D eigenvalue weighted by Gasteiger charge is 2.16. The van der Waals surface area contributed by atoms with E-state index in [2.05, 4.69) is 5.10 Å². The Kier molecular flexibility index (Phi) is 2.79. The summed E-state index contributed by atoms with van der Waals surface area (Å²) in [6.45, 7) is 0. The van der Waals surface area contributed by atoms with Gasteiger partial charge in [-0.3, -0.25) is 4.68 Å². The van der Waals surface area contributed by atoms with Crippen LogP contribution >= 0.6 is 11.6 Å². The zero-order chi connectivity index (χ0) is 14.4. The van der Waals surface area contributed by atoms with Crippen LogP contribution in [-0.4, -0.2) is 25.4 Å². The van der Waals surface area contributed by atoms with Crippen molar-refractivity contribution in [3.63, 3.8) is 0 Å². The lowest BCUT2D eigenvalue weighted by atomic mass is 10.1. The molecule has 0 aliphatic heterocycles. The van der Waals surface area contributed by atoms with Gasteiger partial charge in [0.25, 0.3) is 0 Å². The van der Waals surface area contributed by atoms with Crippen molar-refractivity contribution in [3.8, 4) is 11.3 Å². The standard InChI is InChI=1S/C14H12ClN3O2/c1-17-7-10(9-4-3-8(15)5-12(9)17)13-6-11(14(19)20)16-18(13)2/h3-7H,1-2H3,(H,19,20). The number of carboxylic acids is 1. The molecule has 6 heteroatoms. The van der Waals surface area contributed by atoms with Crippen LogP contribution in [0.2, 0.25) is 5.02 Å². The molecule has 0 bridgehead atoms. The average molecular weight is 290 g/mol. The van der Waals surface area contributed by atoms with Crippen LogP contribution in [-0.2, 0) is 14.1 Å². The highest BCUT2D eigenvalue weighted by atomic mass is 35.5. The van der Waals surface area contributed by atoms with Crippen LogP contribution in [0, 0.1) is 0 Å². The van der Waals surface area contributed by atoms with E-state index in [1.54, 1.807) is 17.8 Å². The molecule has 0 atom stereocenters. The van der Waals surface area contributed by atoms with Crippen molar-refractivity contribution in [1.29, 1.82) is 0 Å². The number of rotatable bonds is 2. The van der Waals surface area contributed by atoms with Crippen molar-refractivity contribution in [2.45, 2.75) is 0 Å². The first kappa shape index (κ1) is 12.7. The molecule has 5 nitrogen and oxygen atoms in total. The van der Waals surface area contributed by atoms with Crippen LogP contribution in [0.3, 0.4) is 0 Å². The molecule has 0 saturated carbocycles. The highest BCUT2D eigenvalue weighted by molar-refractivity contribution is 6.31. The van der Waals surface area contributed by atoms with Crippen LogP contribution < -0.4 is 0 Å². The smallest absolute Gasteiger partial charge is 0.356 e. The molecule has 3 aromatic rings. The van der Waals surface area contributed by atoms with Crippen molar-refractivity contribution in [3.05, 3.63) is 41.2 Å². The van der Waals surface area contributed by atoms with Crippen molar-refractivity contribution in [2.75, 3.05) is 0 Å². The molecule has 0 radical (unpaired) electrons. The number of aryl methyl sites for hydroxylation is 2. The summed E-state index contributed by atoms with van der Waals surface area (Å²) < 4.78 is 3.54. The summed E-state index contributed by atoms with van der Waals surface area (Å²) in [5.74, 6) is -1.03. The van der Waals surface area contributed by atoms with E-state index < -0.39 is 5.97 Å². The van der Waals surface area contributed by atoms with E-state index in [1.807, 2.05) is 36.0 Å². The normalized spacial score (nSPS) is 11.2. The topological polar surface area (TPSA) is 60.1 Å². The summed E-state index contributed by atoms with van der Waals surface area (Å²) in [6, 6.07) is 7.21. The molecule has 0 amide bonds. The number of hydrogen-bond donors (Lipinski definition) is 1. The lowest BCUT2D eigenvalue weighted by molar-refractivity contribution is 0.0689. The Morgan fingerprint density at radius 3 is 2.70 bits per heavy atom. The largest absolute Gasteiger partial charge is 0.476 e. The first-order valence-corrected chi connectivity index (χ1v) is 6.37. The van der Waals surface area contributed by atoms with E-state index in [1.165, 1.54) is 0 Å². The molecule has 0 saturated heterocycles. The molecule has 3 rings (SSSR count). The number of nitrogens with zero attached hydrogens (tertiary/aromatic N) is 3. The van der Waals surface area contributed by atoms with Gasteiger partial charge in [0.2, 0.25) is 0 Å². The van der Waals surface area contributed by atoms with E-state index in [0.717, 1.165) is 22.2 Å². The van der Waals surface area contributed by atoms with Crippen molar-refractivity contribution >= 4 is 28.5 Å². The predicted molar refractivity (Wildman–Crippen MR) is 77.1 cm³/mol. The van der Waals surface area contributed by atoms with Crippen molar-refractivity contribution in [2.24, 2.45) is 14.1 Å². The van der Waals surface area contributed by atoms with Gasteiger partial charge in [0.1, 0.15) is 0 Å². The number of carboxylic acid groups (broad SMARTS) is 1. The van der Waals surface area contributed by atoms with Gasteiger partial charge in [0, 0.05) is 41.8 Å². The number of carbonyl (C=O) groups is 1. The van der Waals surface area contributed by atoms with Gasteiger partial charge in [0.15, 0.2) is 5.69 Å². The minimum atomic E-state index is -1.03. The van der Waals surface area contributed by atoms with Gasteiger partial charge in [0.05, 0.1) is 5.69 Å². The number of fused-ring (bicyclic) bond motifs is 1. The Bertz CT molecular complexity index is 832. The maximum atomic E-state index is 11.0. The summed E-state index contributed by atoms with van der Waals surface area (Å²) in [6.07, 6.45) is 1.95. The SMILES string of the molecule is Cn1nc(C(=O)O)cc1-c1cn(C)c2cc(Cl)ccc12. The van der Waals surface area contributed by atoms with Gasteiger partial charge < -0.3 is 9.67 Å². The van der Waals surface area contributed by atoms with Crippen LogP contribution in [0.5, 0.6) is 0 Å². The molecule has 1 N–H and O–H groups in total. The van der Waals surface area contributed by atoms with E-state index in [9.17, 15) is 4.79 Å². The highest BCUT2D eigenvalue weighted by Crippen LogP contribution is 2.31.